The molecule has 0 spiro atoms. The van der Waals surface area contributed by atoms with Crippen molar-refractivity contribution in [3.63, 3.8) is 0 Å². The van der Waals surface area contributed by atoms with E-state index in [0.717, 1.165) is 5.56 Å². The van der Waals surface area contributed by atoms with Crippen molar-refractivity contribution in [3.05, 3.63) is 62.5 Å². The van der Waals surface area contributed by atoms with Crippen molar-refractivity contribution < 1.29 is 13.6 Å². The van der Waals surface area contributed by atoms with Crippen LogP contribution in [-0.2, 0) is 5.41 Å². The number of carbonyl (C=O) groups is 1. The summed E-state index contributed by atoms with van der Waals surface area (Å²) in [5, 5.41) is 0.499. The monoisotopic (exact) mass is 431 g/mol. The first-order valence-electron chi connectivity index (χ1n) is 9.51. The van der Waals surface area contributed by atoms with Gasteiger partial charge in [-0.2, -0.15) is 0 Å². The standard InChI is InChI=1S/C22H20ClF2N3O2/c1-11-7-13(21(2)4-5-22(24,25)10-21)14(23)8-12(11)16-9-17(29)18-15(28-16)3-6-27-19(18)20(26)30/h3,6-9H,4-5,10H2,1-2H3,(H2,26,30)(H,28,29)/t21-/m0/s1. The summed E-state index contributed by atoms with van der Waals surface area (Å²) in [6.07, 6.45) is 1.35. The van der Waals surface area contributed by atoms with Crippen LogP contribution < -0.4 is 11.2 Å². The Morgan fingerprint density at radius 1 is 1.27 bits per heavy atom. The number of halogens is 3. The van der Waals surface area contributed by atoms with Gasteiger partial charge in [0.15, 0.2) is 5.43 Å². The lowest BCUT2D eigenvalue weighted by Gasteiger charge is -2.27. The van der Waals surface area contributed by atoms with Gasteiger partial charge in [-0.15, -0.1) is 0 Å². The molecule has 8 heteroatoms. The van der Waals surface area contributed by atoms with Gasteiger partial charge in [0.1, 0.15) is 5.69 Å². The Hall–Kier alpha value is -2.80. The molecule has 1 aliphatic carbocycles. The van der Waals surface area contributed by atoms with E-state index in [2.05, 4.69) is 9.97 Å². The first-order chi connectivity index (χ1) is 14.0. The molecule has 5 nitrogen and oxygen atoms in total. The second kappa shape index (κ2) is 6.87. The highest BCUT2D eigenvalue weighted by atomic mass is 35.5. The number of alkyl halides is 2. The number of fused-ring (bicyclic) bond motifs is 1. The Bertz CT molecular complexity index is 1260. The number of H-pyrrole nitrogens is 1. The molecule has 4 rings (SSSR count). The van der Waals surface area contributed by atoms with Gasteiger partial charge in [0.25, 0.3) is 5.91 Å². The van der Waals surface area contributed by atoms with Crippen LogP contribution >= 0.6 is 11.6 Å². The number of hydrogen-bond donors (Lipinski definition) is 2. The molecule has 1 saturated carbocycles. The molecule has 2 heterocycles. The Kier molecular flexibility index (Phi) is 4.69. The maximum Gasteiger partial charge on any atom is 0.268 e. The zero-order valence-corrected chi connectivity index (χ0v) is 17.2. The predicted molar refractivity (Wildman–Crippen MR) is 112 cm³/mol. The molecule has 3 aromatic rings. The fraction of sp³-hybridized carbons (Fsp3) is 0.318. The van der Waals surface area contributed by atoms with Crippen molar-refractivity contribution in [3.8, 4) is 11.3 Å². The molecule has 0 bridgehead atoms. The number of aryl methyl sites for hydroxylation is 1. The molecule has 30 heavy (non-hydrogen) atoms. The lowest BCUT2D eigenvalue weighted by molar-refractivity contribution is 0.00355. The van der Waals surface area contributed by atoms with Gasteiger partial charge in [0, 0.05) is 35.7 Å². The number of primary amides is 1. The molecule has 0 aliphatic heterocycles. The minimum Gasteiger partial charge on any atom is -0.364 e. The quantitative estimate of drug-likeness (QED) is 0.628. The molecule has 0 saturated heterocycles. The molecule has 2 aromatic heterocycles. The number of carbonyl (C=O) groups excluding carboxylic acids is 1. The van der Waals surface area contributed by atoms with Gasteiger partial charge in [-0.3, -0.25) is 14.6 Å². The van der Waals surface area contributed by atoms with Crippen molar-refractivity contribution in [1.82, 2.24) is 9.97 Å². The van der Waals surface area contributed by atoms with Crippen LogP contribution in [0.1, 0.15) is 47.8 Å². The number of pyridine rings is 2. The lowest BCUT2D eigenvalue weighted by Crippen LogP contribution is -2.22. The topological polar surface area (TPSA) is 88.8 Å². The molecular formula is C22H20ClF2N3O2. The van der Waals surface area contributed by atoms with E-state index < -0.39 is 22.7 Å². The molecule has 0 radical (unpaired) electrons. The summed E-state index contributed by atoms with van der Waals surface area (Å²) in [7, 11) is 0. The van der Waals surface area contributed by atoms with Crippen molar-refractivity contribution in [2.24, 2.45) is 5.73 Å². The summed E-state index contributed by atoms with van der Waals surface area (Å²) in [6, 6.07) is 6.46. The smallest absolute Gasteiger partial charge is 0.268 e. The van der Waals surface area contributed by atoms with E-state index in [1.165, 1.54) is 12.3 Å². The number of hydrogen-bond acceptors (Lipinski definition) is 3. The van der Waals surface area contributed by atoms with Crippen LogP contribution in [0, 0.1) is 6.92 Å². The predicted octanol–water partition coefficient (Wildman–Crippen LogP) is 4.73. The summed E-state index contributed by atoms with van der Waals surface area (Å²) < 4.78 is 27.7. The number of amides is 1. The Labute approximate surface area is 176 Å². The van der Waals surface area contributed by atoms with Crippen molar-refractivity contribution in [2.45, 2.75) is 44.4 Å². The maximum atomic E-state index is 13.9. The molecule has 1 amide bonds. The van der Waals surface area contributed by atoms with E-state index in [9.17, 15) is 18.4 Å². The first-order valence-corrected chi connectivity index (χ1v) is 9.89. The zero-order chi connectivity index (χ0) is 21.8. The normalized spacial score (nSPS) is 20.6. The molecular weight excluding hydrogens is 412 g/mol. The van der Waals surface area contributed by atoms with E-state index in [4.69, 9.17) is 17.3 Å². The van der Waals surface area contributed by atoms with Crippen molar-refractivity contribution in [1.29, 1.82) is 0 Å². The highest BCUT2D eigenvalue weighted by Gasteiger charge is 2.48. The fourth-order valence-corrected chi connectivity index (χ4v) is 4.79. The number of nitrogens with one attached hydrogen (secondary N) is 1. The van der Waals surface area contributed by atoms with Crippen molar-refractivity contribution >= 4 is 28.4 Å². The average Bonchev–Trinajstić information content (AvgIpc) is 2.96. The van der Waals surface area contributed by atoms with Crippen LogP contribution in [0.3, 0.4) is 0 Å². The summed E-state index contributed by atoms with van der Waals surface area (Å²) in [6.45, 7) is 3.65. The fourth-order valence-electron chi connectivity index (χ4n) is 4.40. The van der Waals surface area contributed by atoms with E-state index in [1.54, 1.807) is 12.1 Å². The van der Waals surface area contributed by atoms with E-state index in [0.29, 0.717) is 33.8 Å². The molecule has 1 aromatic carbocycles. The summed E-state index contributed by atoms with van der Waals surface area (Å²) in [5.41, 5.74) is 7.20. The second-order valence-electron chi connectivity index (χ2n) is 8.23. The van der Waals surface area contributed by atoms with Gasteiger partial charge < -0.3 is 10.7 Å². The van der Waals surface area contributed by atoms with Gasteiger partial charge >= 0.3 is 0 Å². The van der Waals surface area contributed by atoms with E-state index in [1.807, 2.05) is 19.9 Å². The molecule has 1 atom stereocenters. The molecule has 156 valence electrons. The van der Waals surface area contributed by atoms with E-state index >= 15 is 0 Å². The maximum absolute atomic E-state index is 13.9. The molecule has 0 unspecified atom stereocenters. The van der Waals surface area contributed by atoms with Gasteiger partial charge in [0.2, 0.25) is 5.92 Å². The molecule has 1 fully saturated rings. The third-order valence-corrected chi connectivity index (χ3v) is 6.23. The number of aromatic nitrogens is 2. The lowest BCUT2D eigenvalue weighted by atomic mass is 9.79. The summed E-state index contributed by atoms with van der Waals surface area (Å²) >= 11 is 6.53. The van der Waals surface area contributed by atoms with Gasteiger partial charge in [0.05, 0.1) is 16.6 Å². The van der Waals surface area contributed by atoms with Crippen LogP contribution in [0.2, 0.25) is 5.02 Å². The summed E-state index contributed by atoms with van der Waals surface area (Å²) in [4.78, 5) is 31.3. The molecule has 3 N–H and O–H groups in total. The second-order valence-corrected chi connectivity index (χ2v) is 8.64. The van der Waals surface area contributed by atoms with E-state index in [-0.39, 0.29) is 23.9 Å². The molecule has 1 aliphatic rings. The Morgan fingerprint density at radius 3 is 2.63 bits per heavy atom. The number of aromatic amines is 1. The number of nitrogens with zero attached hydrogens (tertiary/aromatic N) is 1. The average molecular weight is 432 g/mol. The van der Waals surface area contributed by atoms with Gasteiger partial charge in [-0.1, -0.05) is 24.6 Å². The largest absolute Gasteiger partial charge is 0.364 e. The van der Waals surface area contributed by atoms with Crippen LogP contribution in [0.15, 0.2) is 35.3 Å². The van der Waals surface area contributed by atoms with Crippen LogP contribution in [0.5, 0.6) is 0 Å². The minimum absolute atomic E-state index is 0.0968. The number of benzene rings is 1. The number of nitrogens with two attached hydrogens (primary N) is 1. The summed E-state index contributed by atoms with van der Waals surface area (Å²) in [5.74, 6) is -3.48. The zero-order valence-electron chi connectivity index (χ0n) is 16.5. The van der Waals surface area contributed by atoms with Crippen LogP contribution in [-0.4, -0.2) is 21.8 Å². The minimum atomic E-state index is -2.69. The Balaban J connectivity index is 1.84. The van der Waals surface area contributed by atoms with Gasteiger partial charge in [-0.05, 0) is 42.0 Å². The third kappa shape index (κ3) is 3.37. The SMILES string of the molecule is Cc1cc([C@@]2(C)CCC(F)(F)C2)c(Cl)cc1-c1cc(=O)c2c(C(N)=O)nccc2[nH]1. The van der Waals surface area contributed by atoms with Crippen LogP contribution in [0.25, 0.3) is 22.2 Å². The van der Waals surface area contributed by atoms with Gasteiger partial charge in [-0.25, -0.2) is 8.78 Å². The first kappa shape index (κ1) is 20.5. The number of rotatable bonds is 3. The van der Waals surface area contributed by atoms with Crippen molar-refractivity contribution in [2.75, 3.05) is 0 Å². The highest BCUT2D eigenvalue weighted by Crippen LogP contribution is 2.51. The third-order valence-electron chi connectivity index (χ3n) is 5.92. The van der Waals surface area contributed by atoms with Crippen LogP contribution in [0.4, 0.5) is 8.78 Å². The Morgan fingerprint density at radius 2 is 2.00 bits per heavy atom. The highest BCUT2D eigenvalue weighted by molar-refractivity contribution is 6.31.